The van der Waals surface area contributed by atoms with Gasteiger partial charge in [-0.05, 0) is 37.4 Å². The maximum absolute atomic E-state index is 12.4. The number of carbonyl (C=O) groups excluding carboxylic acids is 1. The van der Waals surface area contributed by atoms with Gasteiger partial charge in [-0.1, -0.05) is 0 Å². The van der Waals surface area contributed by atoms with Gasteiger partial charge in [0.25, 0.3) is 5.91 Å². The lowest BCUT2D eigenvalue weighted by atomic mass is 9.97. The summed E-state index contributed by atoms with van der Waals surface area (Å²) in [6, 6.07) is 4.16. The van der Waals surface area contributed by atoms with Crippen LogP contribution in [0.15, 0.2) is 24.5 Å². The van der Waals surface area contributed by atoms with Gasteiger partial charge in [0.15, 0.2) is 0 Å². The average Bonchev–Trinajstić information content (AvgIpc) is 3.02. The highest BCUT2D eigenvalue weighted by Gasteiger charge is 2.33. The van der Waals surface area contributed by atoms with E-state index >= 15 is 0 Å². The van der Waals surface area contributed by atoms with Crippen molar-refractivity contribution in [1.82, 2.24) is 19.8 Å². The van der Waals surface area contributed by atoms with Crippen LogP contribution in [0.1, 0.15) is 23.3 Å². The Morgan fingerprint density at radius 3 is 3.19 bits per heavy atom. The SMILES string of the molecule is Cn1ccc2cc(C(=O)NC3CC4CCN(C4)C3)ncc21. The molecular formula is C16H20N4O. The topological polar surface area (TPSA) is 50.2 Å². The first-order valence-corrected chi connectivity index (χ1v) is 7.63. The maximum atomic E-state index is 12.4. The summed E-state index contributed by atoms with van der Waals surface area (Å²) in [5, 5.41) is 4.22. The van der Waals surface area contributed by atoms with E-state index in [4.69, 9.17) is 0 Å². The zero-order chi connectivity index (χ0) is 14.4. The van der Waals surface area contributed by atoms with E-state index in [2.05, 4.69) is 15.2 Å². The maximum Gasteiger partial charge on any atom is 0.270 e. The van der Waals surface area contributed by atoms with Crippen molar-refractivity contribution in [2.45, 2.75) is 18.9 Å². The average molecular weight is 284 g/mol. The highest BCUT2D eigenvalue weighted by atomic mass is 16.1. The Labute approximate surface area is 123 Å². The second-order valence-electron chi connectivity index (χ2n) is 6.38. The van der Waals surface area contributed by atoms with E-state index in [1.54, 1.807) is 6.20 Å². The number of hydrogen-bond acceptors (Lipinski definition) is 3. The van der Waals surface area contributed by atoms with Crippen molar-refractivity contribution in [2.75, 3.05) is 19.6 Å². The number of amides is 1. The van der Waals surface area contributed by atoms with Gasteiger partial charge in [-0.3, -0.25) is 4.79 Å². The zero-order valence-corrected chi connectivity index (χ0v) is 12.2. The van der Waals surface area contributed by atoms with E-state index in [1.807, 2.05) is 29.9 Å². The summed E-state index contributed by atoms with van der Waals surface area (Å²) >= 11 is 0. The highest BCUT2D eigenvalue weighted by Crippen LogP contribution is 2.26. The van der Waals surface area contributed by atoms with Crippen molar-refractivity contribution >= 4 is 16.8 Å². The summed E-state index contributed by atoms with van der Waals surface area (Å²) in [6.07, 6.45) is 6.15. The minimum Gasteiger partial charge on any atom is -0.349 e. The van der Waals surface area contributed by atoms with Crippen LogP contribution in [0.4, 0.5) is 0 Å². The van der Waals surface area contributed by atoms with E-state index in [9.17, 15) is 4.79 Å². The Kier molecular flexibility index (Phi) is 2.96. The largest absolute Gasteiger partial charge is 0.349 e. The Morgan fingerprint density at radius 2 is 2.33 bits per heavy atom. The predicted octanol–water partition coefficient (Wildman–Crippen LogP) is 1.40. The molecule has 3 atom stereocenters. The third-order valence-electron chi connectivity index (χ3n) is 4.81. The van der Waals surface area contributed by atoms with Crippen LogP contribution < -0.4 is 5.32 Å². The first-order chi connectivity index (χ1) is 10.2. The highest BCUT2D eigenvalue weighted by molar-refractivity contribution is 5.96. The molecule has 0 saturated carbocycles. The van der Waals surface area contributed by atoms with E-state index in [1.165, 1.54) is 19.5 Å². The van der Waals surface area contributed by atoms with Crippen LogP contribution in [0.3, 0.4) is 0 Å². The van der Waals surface area contributed by atoms with E-state index in [-0.39, 0.29) is 11.9 Å². The third-order valence-corrected chi connectivity index (χ3v) is 4.81. The molecule has 0 aromatic carbocycles. The molecule has 1 N–H and O–H groups in total. The van der Waals surface area contributed by atoms with Gasteiger partial charge in [0, 0.05) is 37.8 Å². The molecular weight excluding hydrogens is 264 g/mol. The van der Waals surface area contributed by atoms with Gasteiger partial charge in [-0.25, -0.2) is 4.98 Å². The fraction of sp³-hybridized carbons (Fsp3) is 0.500. The molecule has 2 aromatic rings. The minimum atomic E-state index is -0.0479. The molecule has 2 aromatic heterocycles. The van der Waals surface area contributed by atoms with Gasteiger partial charge in [-0.15, -0.1) is 0 Å². The number of aryl methyl sites for hydroxylation is 1. The van der Waals surface area contributed by atoms with Crippen molar-refractivity contribution in [3.8, 4) is 0 Å². The van der Waals surface area contributed by atoms with Gasteiger partial charge in [0.05, 0.1) is 11.7 Å². The molecule has 2 aliphatic rings. The number of rotatable bonds is 2. The van der Waals surface area contributed by atoms with Crippen LogP contribution in [-0.2, 0) is 7.05 Å². The molecule has 0 aliphatic carbocycles. The second-order valence-corrected chi connectivity index (χ2v) is 6.38. The smallest absolute Gasteiger partial charge is 0.270 e. The van der Waals surface area contributed by atoms with Crippen molar-refractivity contribution in [3.05, 3.63) is 30.2 Å². The normalized spacial score (nSPS) is 28.0. The molecule has 4 rings (SSSR count). The van der Waals surface area contributed by atoms with Crippen molar-refractivity contribution in [3.63, 3.8) is 0 Å². The molecule has 0 radical (unpaired) electrons. The van der Waals surface area contributed by atoms with Gasteiger partial charge in [0.2, 0.25) is 0 Å². The quantitative estimate of drug-likeness (QED) is 0.907. The molecule has 110 valence electrons. The van der Waals surface area contributed by atoms with Crippen LogP contribution in [0.25, 0.3) is 10.9 Å². The third kappa shape index (κ3) is 2.31. The lowest BCUT2D eigenvalue weighted by molar-refractivity contribution is 0.0904. The number of carbonyl (C=O) groups is 1. The fourth-order valence-corrected chi connectivity index (χ4v) is 3.71. The molecule has 4 heterocycles. The Morgan fingerprint density at radius 1 is 1.43 bits per heavy atom. The summed E-state index contributed by atoms with van der Waals surface area (Å²) in [4.78, 5) is 19.2. The number of fused-ring (bicyclic) bond motifs is 3. The second kappa shape index (κ2) is 4.84. The monoisotopic (exact) mass is 284 g/mol. The van der Waals surface area contributed by atoms with Gasteiger partial charge in [0.1, 0.15) is 5.69 Å². The summed E-state index contributed by atoms with van der Waals surface area (Å²) in [5.41, 5.74) is 1.56. The molecule has 2 saturated heterocycles. The van der Waals surface area contributed by atoms with Gasteiger partial charge in [-0.2, -0.15) is 0 Å². The lowest BCUT2D eigenvalue weighted by Crippen LogP contribution is -2.47. The fourth-order valence-electron chi connectivity index (χ4n) is 3.71. The summed E-state index contributed by atoms with van der Waals surface area (Å²) in [5.74, 6) is 0.710. The number of aromatic nitrogens is 2. The van der Waals surface area contributed by atoms with E-state index in [0.29, 0.717) is 5.69 Å². The molecule has 5 heteroatoms. The van der Waals surface area contributed by atoms with Crippen molar-refractivity contribution in [2.24, 2.45) is 13.0 Å². The van der Waals surface area contributed by atoms with Crippen LogP contribution in [0.5, 0.6) is 0 Å². The summed E-state index contributed by atoms with van der Waals surface area (Å²) in [7, 11) is 1.98. The van der Waals surface area contributed by atoms with Crippen LogP contribution >= 0.6 is 0 Å². The first-order valence-electron chi connectivity index (χ1n) is 7.63. The molecule has 21 heavy (non-hydrogen) atoms. The Hall–Kier alpha value is -1.88. The molecule has 3 unspecified atom stereocenters. The summed E-state index contributed by atoms with van der Waals surface area (Å²) < 4.78 is 2.01. The first kappa shape index (κ1) is 12.8. The minimum absolute atomic E-state index is 0.0479. The molecule has 5 nitrogen and oxygen atoms in total. The Bertz CT molecular complexity index is 681. The molecule has 2 aliphatic heterocycles. The van der Waals surface area contributed by atoms with Crippen LogP contribution in [0, 0.1) is 5.92 Å². The lowest BCUT2D eigenvalue weighted by Gasteiger charge is -2.30. The van der Waals surface area contributed by atoms with E-state index < -0.39 is 0 Å². The predicted molar refractivity (Wildman–Crippen MR) is 81.1 cm³/mol. The zero-order valence-electron chi connectivity index (χ0n) is 12.2. The molecule has 2 fully saturated rings. The van der Waals surface area contributed by atoms with E-state index in [0.717, 1.165) is 29.8 Å². The Balaban J connectivity index is 1.50. The van der Waals surface area contributed by atoms with Crippen LogP contribution in [-0.4, -0.2) is 46.0 Å². The van der Waals surface area contributed by atoms with Crippen molar-refractivity contribution in [1.29, 1.82) is 0 Å². The molecule has 2 bridgehead atoms. The number of nitrogens with zero attached hydrogens (tertiary/aromatic N) is 3. The number of pyridine rings is 1. The van der Waals surface area contributed by atoms with Crippen molar-refractivity contribution < 1.29 is 4.79 Å². The number of piperidine rings is 1. The standard InChI is InChI=1S/C16H20N4O/c1-19-4-3-12-7-14(17-8-15(12)19)16(21)18-13-6-11-2-5-20(9-11)10-13/h3-4,7-8,11,13H,2,5-6,9-10H2,1H3,(H,18,21). The molecule has 1 amide bonds. The molecule has 0 spiro atoms. The van der Waals surface area contributed by atoms with Crippen LogP contribution in [0.2, 0.25) is 0 Å². The number of nitrogens with one attached hydrogen (secondary N) is 1. The van der Waals surface area contributed by atoms with Gasteiger partial charge >= 0.3 is 0 Å². The number of hydrogen-bond donors (Lipinski definition) is 1. The van der Waals surface area contributed by atoms with Gasteiger partial charge < -0.3 is 14.8 Å². The summed E-state index contributed by atoms with van der Waals surface area (Å²) in [6.45, 7) is 3.38.